The molecular formula is C12H21F3N2. The highest BCUT2D eigenvalue weighted by molar-refractivity contribution is 4.89. The maximum atomic E-state index is 11.9. The number of halogens is 3. The number of rotatable bonds is 6. The predicted octanol–water partition coefficient (Wildman–Crippen LogP) is 2.40. The van der Waals surface area contributed by atoms with Crippen LogP contribution in [-0.2, 0) is 0 Å². The Bertz CT molecular complexity index is 238. The molecule has 1 atom stereocenters. The standard InChI is InChI=1S/C12H21F3N2/c13-12(14,15)5-1-6-16-8-10-4-7-17(9-10)11-2-3-11/h10-11,16H,1-9H2. The Morgan fingerprint density at radius 2 is 1.94 bits per heavy atom. The zero-order valence-corrected chi connectivity index (χ0v) is 10.1. The molecule has 0 aromatic heterocycles. The molecule has 1 unspecified atom stereocenters. The van der Waals surface area contributed by atoms with E-state index >= 15 is 0 Å². The zero-order valence-electron chi connectivity index (χ0n) is 10.1. The summed E-state index contributed by atoms with van der Waals surface area (Å²) in [5.41, 5.74) is 0. The van der Waals surface area contributed by atoms with E-state index in [1.807, 2.05) is 0 Å². The van der Waals surface area contributed by atoms with E-state index in [9.17, 15) is 13.2 Å². The SMILES string of the molecule is FC(F)(F)CCCNCC1CCN(C2CC2)C1. The molecule has 1 aliphatic heterocycles. The van der Waals surface area contributed by atoms with Crippen molar-refractivity contribution in [1.29, 1.82) is 0 Å². The van der Waals surface area contributed by atoms with Crippen LogP contribution in [0, 0.1) is 5.92 Å². The van der Waals surface area contributed by atoms with E-state index in [-0.39, 0.29) is 6.42 Å². The largest absolute Gasteiger partial charge is 0.389 e. The van der Waals surface area contributed by atoms with Crippen LogP contribution < -0.4 is 5.32 Å². The van der Waals surface area contributed by atoms with Crippen LogP contribution in [0.1, 0.15) is 32.1 Å². The lowest BCUT2D eigenvalue weighted by Crippen LogP contribution is -2.28. The van der Waals surface area contributed by atoms with Crippen LogP contribution in [0.5, 0.6) is 0 Å². The highest BCUT2D eigenvalue weighted by atomic mass is 19.4. The van der Waals surface area contributed by atoms with Gasteiger partial charge >= 0.3 is 6.18 Å². The van der Waals surface area contributed by atoms with Crippen LogP contribution >= 0.6 is 0 Å². The van der Waals surface area contributed by atoms with Gasteiger partial charge < -0.3 is 10.2 Å². The van der Waals surface area contributed by atoms with Gasteiger partial charge in [-0.25, -0.2) is 0 Å². The molecule has 0 radical (unpaired) electrons. The third-order valence-corrected chi connectivity index (χ3v) is 3.63. The van der Waals surface area contributed by atoms with Crippen molar-refractivity contribution in [2.45, 2.75) is 44.3 Å². The number of nitrogens with zero attached hydrogens (tertiary/aromatic N) is 1. The van der Waals surface area contributed by atoms with Crippen LogP contribution in [0.4, 0.5) is 13.2 Å². The molecule has 1 heterocycles. The van der Waals surface area contributed by atoms with Crippen molar-refractivity contribution in [2.75, 3.05) is 26.2 Å². The molecule has 2 nitrogen and oxygen atoms in total. The summed E-state index contributed by atoms with van der Waals surface area (Å²) >= 11 is 0. The third-order valence-electron chi connectivity index (χ3n) is 3.63. The zero-order chi connectivity index (χ0) is 12.3. The van der Waals surface area contributed by atoms with E-state index in [0.717, 1.165) is 19.1 Å². The van der Waals surface area contributed by atoms with Crippen LogP contribution in [0.2, 0.25) is 0 Å². The van der Waals surface area contributed by atoms with Crippen molar-refractivity contribution in [1.82, 2.24) is 10.2 Å². The summed E-state index contributed by atoms with van der Waals surface area (Å²) in [6.45, 7) is 3.68. The molecule has 2 fully saturated rings. The van der Waals surface area contributed by atoms with E-state index in [1.165, 1.54) is 25.8 Å². The Morgan fingerprint density at radius 1 is 1.18 bits per heavy atom. The van der Waals surface area contributed by atoms with Gasteiger partial charge in [0.2, 0.25) is 0 Å². The quantitative estimate of drug-likeness (QED) is 0.728. The molecule has 0 bridgehead atoms. The molecule has 0 spiro atoms. The second-order valence-electron chi connectivity index (χ2n) is 5.30. The van der Waals surface area contributed by atoms with Gasteiger partial charge in [-0.05, 0) is 51.2 Å². The number of hydrogen-bond acceptors (Lipinski definition) is 2. The van der Waals surface area contributed by atoms with Crippen molar-refractivity contribution in [3.05, 3.63) is 0 Å². The van der Waals surface area contributed by atoms with Gasteiger partial charge in [-0.2, -0.15) is 13.2 Å². The van der Waals surface area contributed by atoms with Crippen molar-refractivity contribution >= 4 is 0 Å². The number of hydrogen-bond donors (Lipinski definition) is 1. The summed E-state index contributed by atoms with van der Waals surface area (Å²) in [5, 5.41) is 3.15. The molecule has 1 N–H and O–H groups in total. The number of nitrogens with one attached hydrogen (secondary N) is 1. The molecule has 1 saturated carbocycles. The van der Waals surface area contributed by atoms with Gasteiger partial charge in [0.25, 0.3) is 0 Å². The second kappa shape index (κ2) is 5.57. The Labute approximate surface area is 101 Å². The highest BCUT2D eigenvalue weighted by Gasteiger charge is 2.34. The minimum Gasteiger partial charge on any atom is -0.316 e. The van der Waals surface area contributed by atoms with Gasteiger partial charge in [-0.15, -0.1) is 0 Å². The lowest BCUT2D eigenvalue weighted by Gasteiger charge is -2.15. The molecular weight excluding hydrogens is 229 g/mol. The predicted molar refractivity (Wildman–Crippen MR) is 60.9 cm³/mol. The van der Waals surface area contributed by atoms with Crippen LogP contribution in [0.15, 0.2) is 0 Å². The topological polar surface area (TPSA) is 15.3 Å². The summed E-state index contributed by atoms with van der Waals surface area (Å²) in [4.78, 5) is 2.53. The smallest absolute Gasteiger partial charge is 0.316 e. The third kappa shape index (κ3) is 4.84. The first kappa shape index (κ1) is 13.1. The van der Waals surface area contributed by atoms with Crippen molar-refractivity contribution in [2.24, 2.45) is 5.92 Å². The fourth-order valence-corrected chi connectivity index (χ4v) is 2.52. The van der Waals surface area contributed by atoms with Crippen LogP contribution in [0.3, 0.4) is 0 Å². The Balaban J connectivity index is 1.48. The van der Waals surface area contributed by atoms with Gasteiger partial charge in [0.15, 0.2) is 0 Å². The fourth-order valence-electron chi connectivity index (χ4n) is 2.52. The van der Waals surface area contributed by atoms with Crippen LogP contribution in [0.25, 0.3) is 0 Å². The molecule has 1 aliphatic carbocycles. The van der Waals surface area contributed by atoms with E-state index in [4.69, 9.17) is 0 Å². The van der Waals surface area contributed by atoms with Gasteiger partial charge in [-0.3, -0.25) is 0 Å². The number of alkyl halides is 3. The molecule has 1 saturated heterocycles. The maximum Gasteiger partial charge on any atom is 0.389 e. The summed E-state index contributed by atoms with van der Waals surface area (Å²) in [5.74, 6) is 0.640. The van der Waals surface area contributed by atoms with Gasteiger partial charge in [-0.1, -0.05) is 0 Å². The Kier molecular flexibility index (Phi) is 4.31. The number of likely N-dealkylation sites (tertiary alicyclic amines) is 1. The lowest BCUT2D eigenvalue weighted by atomic mass is 10.1. The second-order valence-corrected chi connectivity index (χ2v) is 5.30. The Morgan fingerprint density at radius 3 is 2.59 bits per heavy atom. The first-order chi connectivity index (χ1) is 8.04. The van der Waals surface area contributed by atoms with E-state index in [1.54, 1.807) is 0 Å². The molecule has 2 aliphatic rings. The monoisotopic (exact) mass is 250 g/mol. The average molecular weight is 250 g/mol. The molecule has 5 heteroatoms. The molecule has 100 valence electrons. The molecule has 17 heavy (non-hydrogen) atoms. The normalized spacial score (nSPS) is 26.6. The first-order valence-corrected chi connectivity index (χ1v) is 6.56. The van der Waals surface area contributed by atoms with E-state index < -0.39 is 12.6 Å². The van der Waals surface area contributed by atoms with Crippen LogP contribution in [-0.4, -0.2) is 43.3 Å². The minimum absolute atomic E-state index is 0.197. The van der Waals surface area contributed by atoms with Crippen molar-refractivity contribution in [3.63, 3.8) is 0 Å². The summed E-state index contributed by atoms with van der Waals surface area (Å²) in [6, 6.07) is 0.824. The molecule has 0 aromatic carbocycles. The summed E-state index contributed by atoms with van der Waals surface area (Å²) < 4.78 is 35.7. The maximum absolute atomic E-state index is 11.9. The van der Waals surface area contributed by atoms with E-state index in [0.29, 0.717) is 12.5 Å². The Hall–Kier alpha value is -0.290. The fraction of sp³-hybridized carbons (Fsp3) is 1.00. The van der Waals surface area contributed by atoms with Crippen molar-refractivity contribution < 1.29 is 13.2 Å². The lowest BCUT2D eigenvalue weighted by molar-refractivity contribution is -0.135. The van der Waals surface area contributed by atoms with E-state index in [2.05, 4.69) is 10.2 Å². The summed E-state index contributed by atoms with van der Waals surface area (Å²) in [6.07, 6.45) is -0.598. The first-order valence-electron chi connectivity index (χ1n) is 6.56. The average Bonchev–Trinajstić information content (AvgIpc) is 2.97. The molecule has 0 aromatic rings. The minimum atomic E-state index is -4.00. The summed E-state index contributed by atoms with van der Waals surface area (Å²) in [7, 11) is 0. The van der Waals surface area contributed by atoms with Crippen molar-refractivity contribution in [3.8, 4) is 0 Å². The molecule has 0 amide bonds. The van der Waals surface area contributed by atoms with Gasteiger partial charge in [0.1, 0.15) is 0 Å². The van der Waals surface area contributed by atoms with Gasteiger partial charge in [0.05, 0.1) is 0 Å². The van der Waals surface area contributed by atoms with Gasteiger partial charge in [0, 0.05) is 19.0 Å². The molecule has 2 rings (SSSR count). The highest BCUT2D eigenvalue weighted by Crippen LogP contribution is 2.31.